The molecular weight excluding hydrogens is 140 g/mol. The predicted molar refractivity (Wildman–Crippen MR) is 47.0 cm³/mol. The largest absolute Gasteiger partial charge is 0.509 e. The summed E-state index contributed by atoms with van der Waals surface area (Å²) in [5.41, 5.74) is 11.0. The molecule has 0 bridgehead atoms. The summed E-state index contributed by atoms with van der Waals surface area (Å²) in [6, 6.07) is 0. The number of aliphatic hydroxyl groups excluding tert-OH is 1. The Morgan fingerprint density at radius 2 is 1.91 bits per heavy atom. The predicted octanol–water partition coefficient (Wildman–Crippen LogP) is 1.25. The van der Waals surface area contributed by atoms with Crippen molar-refractivity contribution in [3.63, 3.8) is 0 Å². The van der Waals surface area contributed by atoms with E-state index in [0.717, 1.165) is 6.42 Å². The first-order valence-electron chi connectivity index (χ1n) is 3.86. The molecule has 0 unspecified atom stereocenters. The number of hydrogen-bond acceptors (Lipinski definition) is 3. The van der Waals surface area contributed by atoms with E-state index in [2.05, 4.69) is 0 Å². The lowest BCUT2D eigenvalue weighted by Crippen LogP contribution is -2.36. The van der Waals surface area contributed by atoms with E-state index in [1.54, 1.807) is 13.8 Å². The van der Waals surface area contributed by atoms with Gasteiger partial charge in [0.2, 0.25) is 0 Å². The van der Waals surface area contributed by atoms with Crippen LogP contribution in [0.2, 0.25) is 0 Å². The lowest BCUT2D eigenvalue weighted by atomic mass is 10.0. The van der Waals surface area contributed by atoms with Crippen LogP contribution in [0.3, 0.4) is 0 Å². The maximum Gasteiger partial charge on any atom is 0.130 e. The zero-order valence-electron chi connectivity index (χ0n) is 7.52. The van der Waals surface area contributed by atoms with Crippen LogP contribution in [0.15, 0.2) is 11.5 Å². The second-order valence-electron chi connectivity index (χ2n) is 3.35. The van der Waals surface area contributed by atoms with Gasteiger partial charge in [0.05, 0.1) is 5.54 Å². The first kappa shape index (κ1) is 10.3. The van der Waals surface area contributed by atoms with Crippen LogP contribution < -0.4 is 11.5 Å². The van der Waals surface area contributed by atoms with Gasteiger partial charge in [0.25, 0.3) is 0 Å². The summed E-state index contributed by atoms with van der Waals surface area (Å²) in [7, 11) is 0. The van der Waals surface area contributed by atoms with E-state index in [-0.39, 0.29) is 5.76 Å². The highest BCUT2D eigenvalue weighted by atomic mass is 16.3. The molecule has 0 fully saturated rings. The van der Waals surface area contributed by atoms with E-state index in [0.29, 0.717) is 12.1 Å². The first-order valence-corrected chi connectivity index (χ1v) is 3.86. The standard InChI is InChI=1S/C8H18N2O/c1-4-5-6(9)7(11)8(2,3)10/h11H,4-5,9-10H2,1-3H3. The third-order valence-corrected chi connectivity index (χ3v) is 1.43. The summed E-state index contributed by atoms with van der Waals surface area (Å²) in [5.74, 6) is 0.111. The minimum atomic E-state index is -0.709. The van der Waals surface area contributed by atoms with Gasteiger partial charge in [-0.3, -0.25) is 0 Å². The molecule has 0 aromatic heterocycles. The highest BCUT2D eigenvalue weighted by Crippen LogP contribution is 2.13. The van der Waals surface area contributed by atoms with Crippen LogP contribution in [-0.4, -0.2) is 10.6 Å². The van der Waals surface area contributed by atoms with Crippen molar-refractivity contribution < 1.29 is 5.11 Å². The summed E-state index contributed by atoms with van der Waals surface area (Å²) >= 11 is 0. The summed E-state index contributed by atoms with van der Waals surface area (Å²) < 4.78 is 0. The molecule has 66 valence electrons. The number of aliphatic hydroxyl groups is 1. The molecule has 0 amide bonds. The Kier molecular flexibility index (Phi) is 3.39. The minimum absolute atomic E-state index is 0.111. The van der Waals surface area contributed by atoms with Crippen LogP contribution in [0, 0.1) is 0 Å². The normalized spacial score (nSPS) is 14.5. The SMILES string of the molecule is CCCC(N)=C(O)C(C)(C)N. The molecule has 0 saturated heterocycles. The van der Waals surface area contributed by atoms with E-state index in [1.165, 1.54) is 0 Å². The van der Waals surface area contributed by atoms with Crippen molar-refractivity contribution in [3.05, 3.63) is 11.5 Å². The topological polar surface area (TPSA) is 72.3 Å². The summed E-state index contributed by atoms with van der Waals surface area (Å²) in [4.78, 5) is 0. The molecule has 0 heterocycles. The molecule has 5 N–H and O–H groups in total. The Labute approximate surface area is 68.1 Å². The van der Waals surface area contributed by atoms with Crippen molar-refractivity contribution in [2.45, 2.75) is 39.2 Å². The number of hydrogen-bond donors (Lipinski definition) is 3. The van der Waals surface area contributed by atoms with Crippen LogP contribution in [-0.2, 0) is 0 Å². The molecule has 0 aliphatic carbocycles. The van der Waals surface area contributed by atoms with Crippen LogP contribution in [0.25, 0.3) is 0 Å². The van der Waals surface area contributed by atoms with Crippen LogP contribution >= 0.6 is 0 Å². The van der Waals surface area contributed by atoms with Gasteiger partial charge in [-0.1, -0.05) is 13.3 Å². The fraction of sp³-hybridized carbons (Fsp3) is 0.750. The van der Waals surface area contributed by atoms with E-state index < -0.39 is 5.54 Å². The summed E-state index contributed by atoms with van der Waals surface area (Å²) in [6.45, 7) is 5.46. The molecule has 0 atom stereocenters. The van der Waals surface area contributed by atoms with Crippen LogP contribution in [0.1, 0.15) is 33.6 Å². The molecule has 0 aromatic carbocycles. The maximum atomic E-state index is 9.41. The van der Waals surface area contributed by atoms with Crippen LogP contribution in [0.4, 0.5) is 0 Å². The molecule has 0 radical (unpaired) electrons. The molecule has 3 nitrogen and oxygen atoms in total. The van der Waals surface area contributed by atoms with E-state index in [9.17, 15) is 5.11 Å². The molecule has 0 aliphatic rings. The molecule has 11 heavy (non-hydrogen) atoms. The average molecular weight is 158 g/mol. The Balaban J connectivity index is 4.39. The van der Waals surface area contributed by atoms with Gasteiger partial charge < -0.3 is 16.6 Å². The number of rotatable bonds is 3. The Morgan fingerprint density at radius 3 is 2.18 bits per heavy atom. The fourth-order valence-corrected chi connectivity index (χ4v) is 0.802. The third kappa shape index (κ3) is 3.28. The second-order valence-corrected chi connectivity index (χ2v) is 3.35. The lowest BCUT2D eigenvalue weighted by molar-refractivity contribution is 0.312. The van der Waals surface area contributed by atoms with Gasteiger partial charge in [-0.05, 0) is 20.3 Å². The summed E-state index contributed by atoms with van der Waals surface area (Å²) in [6.07, 6.45) is 1.62. The van der Waals surface area contributed by atoms with Crippen molar-refractivity contribution in [2.75, 3.05) is 0 Å². The zero-order chi connectivity index (χ0) is 9.07. The van der Waals surface area contributed by atoms with Crippen molar-refractivity contribution in [1.29, 1.82) is 0 Å². The Bertz CT molecular complexity index is 156. The monoisotopic (exact) mass is 158 g/mol. The minimum Gasteiger partial charge on any atom is -0.509 e. The Hall–Kier alpha value is -0.700. The molecule has 0 aliphatic heterocycles. The average Bonchev–Trinajstić information content (AvgIpc) is 1.85. The molecule has 0 saturated carbocycles. The third-order valence-electron chi connectivity index (χ3n) is 1.43. The first-order chi connectivity index (χ1) is 4.89. The molecule has 0 rings (SSSR count). The zero-order valence-corrected chi connectivity index (χ0v) is 7.52. The Morgan fingerprint density at radius 1 is 1.45 bits per heavy atom. The van der Waals surface area contributed by atoms with Gasteiger partial charge in [0, 0.05) is 5.70 Å². The van der Waals surface area contributed by atoms with E-state index in [1.807, 2.05) is 6.92 Å². The van der Waals surface area contributed by atoms with Gasteiger partial charge in [-0.2, -0.15) is 0 Å². The van der Waals surface area contributed by atoms with Gasteiger partial charge in [-0.25, -0.2) is 0 Å². The lowest BCUT2D eigenvalue weighted by Gasteiger charge is -2.19. The van der Waals surface area contributed by atoms with Gasteiger partial charge in [0.1, 0.15) is 5.76 Å². The van der Waals surface area contributed by atoms with Crippen molar-refractivity contribution in [3.8, 4) is 0 Å². The van der Waals surface area contributed by atoms with Crippen LogP contribution in [0.5, 0.6) is 0 Å². The molecule has 3 heteroatoms. The maximum absolute atomic E-state index is 9.41. The summed E-state index contributed by atoms with van der Waals surface area (Å²) in [5, 5.41) is 9.41. The number of nitrogens with two attached hydrogens (primary N) is 2. The van der Waals surface area contributed by atoms with Crippen molar-refractivity contribution in [2.24, 2.45) is 11.5 Å². The quantitative estimate of drug-likeness (QED) is 0.541. The van der Waals surface area contributed by atoms with Gasteiger partial charge in [0.15, 0.2) is 0 Å². The highest BCUT2D eigenvalue weighted by molar-refractivity contribution is 5.14. The van der Waals surface area contributed by atoms with Gasteiger partial charge >= 0.3 is 0 Å². The molecule has 0 spiro atoms. The smallest absolute Gasteiger partial charge is 0.130 e. The van der Waals surface area contributed by atoms with Gasteiger partial charge in [-0.15, -0.1) is 0 Å². The molecular formula is C8H18N2O. The van der Waals surface area contributed by atoms with Crippen molar-refractivity contribution >= 4 is 0 Å². The molecule has 0 aromatic rings. The van der Waals surface area contributed by atoms with Crippen molar-refractivity contribution in [1.82, 2.24) is 0 Å². The van der Waals surface area contributed by atoms with E-state index in [4.69, 9.17) is 11.5 Å². The number of allylic oxidation sites excluding steroid dienone is 1. The van der Waals surface area contributed by atoms with E-state index >= 15 is 0 Å². The second kappa shape index (κ2) is 3.62. The highest BCUT2D eigenvalue weighted by Gasteiger charge is 2.18. The fourth-order valence-electron chi connectivity index (χ4n) is 0.802.